The number of nitrogens with zero attached hydrogens (tertiary/aromatic N) is 5. The first-order valence-corrected chi connectivity index (χ1v) is 37.9. The Balaban J connectivity index is 0.947. The Hall–Kier alpha value is -10.2. The lowest BCUT2D eigenvalue weighted by Crippen LogP contribution is -2.69. The van der Waals surface area contributed by atoms with Crippen molar-refractivity contribution in [1.29, 1.82) is 0 Å². The number of aliphatic hydroxyl groups is 6. The predicted molar refractivity (Wildman–Crippen MR) is 400 cm³/mol. The molecule has 6 aromatic rings. The van der Waals surface area contributed by atoms with Gasteiger partial charge in [-0.2, -0.15) is 0 Å². The van der Waals surface area contributed by atoms with Crippen LogP contribution in [0.5, 0.6) is 0 Å². The standard InChI is InChI=1S/C80H96FN9O25/c1-2-3-36-103-66(54(81)39-83-88-82)71(97)84-55-37-56(85-76(98)104-43-48-22-10-4-11-23-48)67(113-73-57(86-77(99)105-44-49-24-12-5-13-25-49)38-58(93)59(109-73)40-89(34-35-91)79(101)107-46-51-28-16-7-17-29-51)70(63(55)94)115-75-65(96)69(61(42-92)111-75)114-74-62(87-78(100)106-45-50-26-14-6-15-27-50)64(95)68-60(110-74)41-90(72(112-68)53-32-20-9-21-33-53)80(102)108-47-52-30-18-8-19-31-52/h4-33,54-70,72-75,91-96H,2-3,34-47H2,1H3,(H,84,97)(H,85,98)(H,86,99)(H,87,100)/t54-,55-,56+,57-,58+,59-,60+,61-,62-,63+,64-,65-,66+,67-,68-,69-,70-,72?,73-,74-,75+/m1/s1. The van der Waals surface area contributed by atoms with Gasteiger partial charge in [0.15, 0.2) is 31.2 Å². The number of ether oxygens (including phenoxy) is 13. The monoisotopic (exact) mass is 1600 g/mol. The molecule has 4 heterocycles. The Kier molecular flexibility index (Phi) is 32.0. The molecule has 618 valence electrons. The molecule has 4 saturated heterocycles. The third-order valence-corrected chi connectivity index (χ3v) is 19.8. The van der Waals surface area contributed by atoms with E-state index in [1.165, 1.54) is 4.90 Å². The van der Waals surface area contributed by atoms with Crippen molar-refractivity contribution in [2.45, 2.75) is 194 Å². The van der Waals surface area contributed by atoms with Crippen LogP contribution < -0.4 is 21.3 Å². The van der Waals surface area contributed by atoms with Gasteiger partial charge < -0.3 is 118 Å². The van der Waals surface area contributed by atoms with Crippen LogP contribution in [0.3, 0.4) is 0 Å². The second-order valence-electron chi connectivity index (χ2n) is 27.9. The van der Waals surface area contributed by atoms with E-state index >= 15 is 4.39 Å². The number of hydrogen-bond acceptors (Lipinski definition) is 26. The van der Waals surface area contributed by atoms with Gasteiger partial charge in [0.2, 0.25) is 0 Å². The number of amides is 6. The van der Waals surface area contributed by atoms with Gasteiger partial charge >= 0.3 is 30.5 Å². The van der Waals surface area contributed by atoms with Crippen molar-refractivity contribution in [2.75, 3.05) is 46.0 Å². The quantitative estimate of drug-likeness (QED) is 0.00715. The molecule has 11 rings (SSSR count). The Morgan fingerprint density at radius 3 is 1.61 bits per heavy atom. The highest BCUT2D eigenvalue weighted by Gasteiger charge is 2.58. The number of aliphatic hydroxyl groups excluding tert-OH is 6. The van der Waals surface area contributed by atoms with Crippen molar-refractivity contribution in [3.8, 4) is 0 Å². The van der Waals surface area contributed by atoms with Gasteiger partial charge in [0.1, 0.15) is 106 Å². The van der Waals surface area contributed by atoms with Gasteiger partial charge in [-0.15, -0.1) is 0 Å². The Morgan fingerprint density at radius 1 is 0.565 bits per heavy atom. The fraction of sp³-hybridized carbons (Fsp3) is 0.475. The molecular formula is C80H96FN9O25. The minimum Gasteiger partial charge on any atom is -0.445 e. The lowest BCUT2D eigenvalue weighted by molar-refractivity contribution is -0.323. The summed E-state index contributed by atoms with van der Waals surface area (Å²) < 4.78 is 96.9. The van der Waals surface area contributed by atoms with E-state index in [2.05, 4.69) is 31.3 Å². The summed E-state index contributed by atoms with van der Waals surface area (Å²) in [4.78, 5) is 90.5. The number of alkyl halides is 1. The van der Waals surface area contributed by atoms with E-state index in [9.17, 15) is 64.9 Å². The van der Waals surface area contributed by atoms with Crippen molar-refractivity contribution in [2.24, 2.45) is 5.11 Å². The molecule has 34 nitrogen and oxygen atoms in total. The summed E-state index contributed by atoms with van der Waals surface area (Å²) in [5.74, 6) is -1.19. The van der Waals surface area contributed by atoms with Crippen molar-refractivity contribution >= 4 is 36.4 Å². The van der Waals surface area contributed by atoms with Crippen molar-refractivity contribution < 1.29 is 125 Å². The molecule has 1 aliphatic carbocycles. The molecule has 6 aromatic carbocycles. The van der Waals surface area contributed by atoms with Gasteiger partial charge in [-0.05, 0) is 46.2 Å². The number of rotatable bonds is 34. The van der Waals surface area contributed by atoms with Crippen molar-refractivity contribution in [1.82, 2.24) is 31.1 Å². The first kappa shape index (κ1) is 85.7. The summed E-state index contributed by atoms with van der Waals surface area (Å²) in [6, 6.07) is 45.4. The van der Waals surface area contributed by atoms with Crippen LogP contribution >= 0.6 is 0 Å². The lowest BCUT2D eigenvalue weighted by atomic mass is 9.83. The predicted octanol–water partition coefficient (Wildman–Crippen LogP) is 6.12. The Morgan fingerprint density at radius 2 is 1.07 bits per heavy atom. The molecule has 21 atom stereocenters. The third-order valence-electron chi connectivity index (χ3n) is 19.8. The molecule has 5 aliphatic rings. The van der Waals surface area contributed by atoms with E-state index in [0.29, 0.717) is 46.2 Å². The molecule has 1 unspecified atom stereocenters. The molecular weight excluding hydrogens is 1510 g/mol. The van der Waals surface area contributed by atoms with Crippen LogP contribution in [-0.4, -0.2) is 245 Å². The van der Waals surface area contributed by atoms with Gasteiger partial charge in [-0.25, -0.2) is 28.4 Å². The highest BCUT2D eigenvalue weighted by atomic mass is 19.1. The zero-order valence-electron chi connectivity index (χ0n) is 62.8. The van der Waals surface area contributed by atoms with Crippen LogP contribution in [0.15, 0.2) is 187 Å². The van der Waals surface area contributed by atoms with E-state index in [1.54, 1.807) is 182 Å². The van der Waals surface area contributed by atoms with Gasteiger partial charge in [-0.3, -0.25) is 9.69 Å². The maximum atomic E-state index is 16.2. The van der Waals surface area contributed by atoms with Gasteiger partial charge in [0.25, 0.3) is 5.91 Å². The van der Waals surface area contributed by atoms with E-state index in [-0.39, 0.29) is 52.7 Å². The van der Waals surface area contributed by atoms with Crippen LogP contribution in [0.2, 0.25) is 0 Å². The summed E-state index contributed by atoms with van der Waals surface area (Å²) >= 11 is 0. The Bertz CT molecular complexity index is 4070. The topological polar surface area (TPSA) is 447 Å². The number of unbranched alkanes of at least 4 members (excludes halogenated alkanes) is 1. The van der Waals surface area contributed by atoms with Gasteiger partial charge in [-0.1, -0.05) is 200 Å². The molecule has 1 saturated carbocycles. The molecule has 6 amide bonds. The minimum atomic E-state index is -2.27. The normalized spacial score (nSPS) is 27.5. The number of alkyl carbamates (subject to hydrolysis) is 3. The van der Waals surface area contributed by atoms with Crippen LogP contribution in [0, 0.1) is 0 Å². The number of halogens is 1. The average molecular weight is 1600 g/mol. The van der Waals surface area contributed by atoms with Gasteiger partial charge in [0, 0.05) is 30.0 Å². The largest absolute Gasteiger partial charge is 0.445 e. The number of carbonyl (C=O) groups is 6. The maximum Gasteiger partial charge on any atom is 0.412 e. The average Bonchev–Trinajstić information content (AvgIpc) is 1.61. The fourth-order valence-electron chi connectivity index (χ4n) is 13.9. The van der Waals surface area contributed by atoms with E-state index < -0.39 is 204 Å². The fourth-order valence-corrected chi connectivity index (χ4v) is 13.9. The van der Waals surface area contributed by atoms with Crippen LogP contribution in [-0.2, 0) is 99.4 Å². The van der Waals surface area contributed by atoms with E-state index in [1.807, 2.05) is 6.92 Å². The highest BCUT2D eigenvalue weighted by Crippen LogP contribution is 2.40. The maximum absolute atomic E-state index is 16.2. The van der Waals surface area contributed by atoms with E-state index in [0.717, 1.165) is 4.90 Å². The highest BCUT2D eigenvalue weighted by molar-refractivity contribution is 5.82. The molecule has 115 heavy (non-hydrogen) atoms. The second-order valence-corrected chi connectivity index (χ2v) is 27.9. The SMILES string of the molecule is CCCCO[C@H](C(=O)N[C@@H]1C[C@H](NC(=O)OCc2ccccc2)[C@@H](O[C@H]2O[C@H](CN(CCO)C(=O)OCc3ccccc3)[C@@H](O)C[C@H]2NC(=O)OCc2ccccc2)[C@H](O[C@@H]2O[C@H](CO)[C@@H](O[C@H]3O[C@H]4CN(C(=O)OCc5ccccc5)C(c5ccccc5)O[C@H]4[C@H](O)[C@H]3NC(=O)OCc3ccccc3)[C@H]2O)[C@H]1O)[C@H](F)CN=[N+]=[N-]. The number of fused-ring (bicyclic) bond motifs is 1. The zero-order valence-corrected chi connectivity index (χ0v) is 62.8. The lowest BCUT2D eigenvalue weighted by Gasteiger charge is -2.51. The summed E-state index contributed by atoms with van der Waals surface area (Å²) in [7, 11) is 0. The first-order chi connectivity index (χ1) is 55.9. The summed E-state index contributed by atoms with van der Waals surface area (Å²) in [6.45, 7) is -3.19. The molecule has 0 aromatic heterocycles. The first-order valence-electron chi connectivity index (χ1n) is 37.9. The van der Waals surface area contributed by atoms with Crippen molar-refractivity contribution in [3.05, 3.63) is 226 Å². The molecule has 0 spiro atoms. The molecule has 35 heteroatoms. The van der Waals surface area contributed by atoms with Crippen LogP contribution in [0.4, 0.5) is 28.4 Å². The van der Waals surface area contributed by atoms with Crippen LogP contribution in [0.1, 0.15) is 72.2 Å². The number of carbonyl (C=O) groups excluding carboxylic acids is 6. The smallest absolute Gasteiger partial charge is 0.412 e. The molecule has 5 fully saturated rings. The molecule has 0 bridgehead atoms. The van der Waals surface area contributed by atoms with E-state index in [4.69, 9.17) is 61.6 Å². The van der Waals surface area contributed by atoms with Crippen molar-refractivity contribution in [3.63, 3.8) is 0 Å². The molecule has 10 N–H and O–H groups in total. The van der Waals surface area contributed by atoms with Crippen LogP contribution in [0.25, 0.3) is 10.4 Å². The second kappa shape index (κ2) is 43.0. The molecule has 0 radical (unpaired) electrons. The third kappa shape index (κ3) is 23.8. The minimum absolute atomic E-state index is 0.153. The number of azide groups is 1. The summed E-state index contributed by atoms with van der Waals surface area (Å²) in [6.07, 6.45) is -35.9. The zero-order chi connectivity index (χ0) is 81.2. The number of nitrogens with one attached hydrogen (secondary N) is 4. The number of hydrogen-bond donors (Lipinski definition) is 10. The summed E-state index contributed by atoms with van der Waals surface area (Å²) in [5, 5.41) is 86.4. The Labute approximate surface area is 661 Å². The number of benzene rings is 6. The summed E-state index contributed by atoms with van der Waals surface area (Å²) in [5.41, 5.74) is 12.6. The van der Waals surface area contributed by atoms with Gasteiger partial charge in [0.05, 0.1) is 57.1 Å². The molecule has 4 aliphatic heterocycles.